The van der Waals surface area contributed by atoms with Crippen molar-refractivity contribution in [3.8, 4) is 11.5 Å². The topological polar surface area (TPSA) is 29.5 Å². The Morgan fingerprint density at radius 1 is 1.39 bits per heavy atom. The van der Waals surface area contributed by atoms with Crippen molar-refractivity contribution < 1.29 is 22.2 Å². The number of rotatable bonds is 4. The molecule has 0 saturated carbocycles. The van der Waals surface area contributed by atoms with E-state index in [1.165, 1.54) is 11.6 Å². The predicted octanol–water partition coefficient (Wildman–Crippen LogP) is 5.74. The van der Waals surface area contributed by atoms with Crippen LogP contribution in [-0.2, 0) is 6.42 Å². The van der Waals surface area contributed by atoms with Crippen LogP contribution in [-0.4, -0.2) is 10.7 Å². The Balaban J connectivity index is 2.02. The molecule has 1 aromatic carbocycles. The van der Waals surface area contributed by atoms with Crippen LogP contribution in [0.1, 0.15) is 89.0 Å². The molecule has 2 heteroatoms. The van der Waals surface area contributed by atoms with Crippen molar-refractivity contribution in [3.05, 3.63) is 34.9 Å². The molecule has 3 rings (SSSR count). The third-order valence-electron chi connectivity index (χ3n) is 4.97. The molecular formula is C21H30O2. The van der Waals surface area contributed by atoms with E-state index in [-0.39, 0.29) is 23.1 Å². The molecule has 0 saturated heterocycles. The first-order valence-corrected chi connectivity index (χ1v) is 8.04. The number of allylic oxidation sites excluding steroid dienone is 2. The SMILES string of the molecule is [2H]C([2H])([2H])C([2H])([2H])C([2H])([2H])C([2H])([2H])Cc1cc(O)c2c(c1)OC(C)(C)[C@@H]1CCC(C)=C[C@@H]21. The summed E-state index contributed by atoms with van der Waals surface area (Å²) in [4.78, 5) is 0. The van der Waals surface area contributed by atoms with E-state index in [0.717, 1.165) is 12.8 Å². The minimum absolute atomic E-state index is 0.0653. The second-order valence-corrected chi connectivity index (χ2v) is 7.02. The molecule has 2 nitrogen and oxygen atoms in total. The number of hydrogen-bond donors (Lipinski definition) is 1. The molecule has 0 unspecified atom stereocenters. The van der Waals surface area contributed by atoms with Crippen LogP contribution in [0.15, 0.2) is 23.8 Å². The summed E-state index contributed by atoms with van der Waals surface area (Å²) < 4.78 is 76.3. The second-order valence-electron chi connectivity index (χ2n) is 7.02. The maximum Gasteiger partial charge on any atom is 0.127 e. The van der Waals surface area contributed by atoms with Crippen molar-refractivity contribution in [1.29, 1.82) is 0 Å². The predicted molar refractivity (Wildman–Crippen MR) is 95.3 cm³/mol. The van der Waals surface area contributed by atoms with Gasteiger partial charge >= 0.3 is 0 Å². The Kier molecular flexibility index (Phi) is 2.33. The Bertz CT molecular complexity index is 932. The fraction of sp³-hybridized carbons (Fsp3) is 0.619. The van der Waals surface area contributed by atoms with Gasteiger partial charge in [-0.05, 0) is 64.1 Å². The highest BCUT2D eigenvalue weighted by Crippen LogP contribution is 2.53. The van der Waals surface area contributed by atoms with E-state index in [1.807, 2.05) is 20.8 Å². The molecule has 1 aliphatic heterocycles. The van der Waals surface area contributed by atoms with Gasteiger partial charge in [-0.2, -0.15) is 0 Å². The molecule has 0 bridgehead atoms. The molecule has 1 aromatic rings. The van der Waals surface area contributed by atoms with E-state index in [9.17, 15) is 5.11 Å². The van der Waals surface area contributed by atoms with Crippen LogP contribution in [0.4, 0.5) is 0 Å². The van der Waals surface area contributed by atoms with E-state index < -0.39 is 38.0 Å². The van der Waals surface area contributed by atoms with Crippen LogP contribution in [0.3, 0.4) is 0 Å². The van der Waals surface area contributed by atoms with Gasteiger partial charge in [-0.25, -0.2) is 0 Å². The van der Waals surface area contributed by atoms with Crippen molar-refractivity contribution >= 4 is 0 Å². The van der Waals surface area contributed by atoms with Crippen molar-refractivity contribution in [2.24, 2.45) is 5.92 Å². The minimum atomic E-state index is -3.42. The Labute approximate surface area is 153 Å². The molecule has 2 atom stereocenters. The summed E-state index contributed by atoms with van der Waals surface area (Å²) in [5.74, 6) is 0.378. The van der Waals surface area contributed by atoms with Crippen LogP contribution >= 0.6 is 0 Å². The third kappa shape index (κ3) is 3.13. The molecule has 1 N–H and O–H groups in total. The molecule has 0 radical (unpaired) electrons. The van der Waals surface area contributed by atoms with Crippen LogP contribution in [0.2, 0.25) is 0 Å². The zero-order valence-electron chi connectivity index (χ0n) is 22.9. The molecule has 23 heavy (non-hydrogen) atoms. The summed E-state index contributed by atoms with van der Waals surface area (Å²) in [5.41, 5.74) is 1.49. The highest BCUT2D eigenvalue weighted by Gasteiger charge is 2.45. The molecular weight excluding hydrogens is 284 g/mol. The third-order valence-corrected chi connectivity index (χ3v) is 4.97. The zero-order valence-corrected chi connectivity index (χ0v) is 13.9. The van der Waals surface area contributed by atoms with Crippen molar-refractivity contribution in [1.82, 2.24) is 0 Å². The number of phenolic OH excluding ortho intramolecular Hbond substituents is 1. The van der Waals surface area contributed by atoms with Gasteiger partial charge in [0.15, 0.2) is 0 Å². The van der Waals surface area contributed by atoms with Crippen LogP contribution in [0, 0.1) is 5.92 Å². The summed E-state index contributed by atoms with van der Waals surface area (Å²) >= 11 is 0. The number of benzene rings is 1. The summed E-state index contributed by atoms with van der Waals surface area (Å²) in [7, 11) is 0. The summed E-state index contributed by atoms with van der Waals surface area (Å²) in [6.45, 7) is 2.62. The molecule has 1 heterocycles. The van der Waals surface area contributed by atoms with E-state index >= 15 is 0 Å². The molecule has 0 aromatic heterocycles. The van der Waals surface area contributed by atoms with E-state index in [2.05, 4.69) is 6.08 Å². The van der Waals surface area contributed by atoms with Gasteiger partial charge in [-0.15, -0.1) is 0 Å². The first kappa shape index (κ1) is 8.60. The molecule has 126 valence electrons. The monoisotopic (exact) mass is 323 g/mol. The van der Waals surface area contributed by atoms with Gasteiger partial charge in [-0.1, -0.05) is 31.2 Å². The smallest absolute Gasteiger partial charge is 0.127 e. The lowest BCUT2D eigenvalue weighted by molar-refractivity contribution is 0.0107. The second kappa shape index (κ2) is 6.22. The van der Waals surface area contributed by atoms with Gasteiger partial charge in [0.05, 0.1) is 0 Å². The van der Waals surface area contributed by atoms with Crippen molar-refractivity contribution in [2.75, 3.05) is 0 Å². The standard InChI is InChI=1S/C21H30O2/c1-5-6-7-8-15-12-18(22)20-16-11-14(2)9-10-17(16)21(3,4)23-19(20)13-15/h11-13,16-17,22H,5-10H2,1-4H3/t16-,17-/m1/s1/i1D3,5D2,6D2,7D2. The lowest BCUT2D eigenvalue weighted by Gasteiger charge is -2.46. The minimum Gasteiger partial charge on any atom is -0.507 e. The Morgan fingerprint density at radius 3 is 3.00 bits per heavy atom. The number of fused-ring (bicyclic) bond motifs is 3. The molecule has 0 spiro atoms. The number of phenols is 1. The summed E-state index contributed by atoms with van der Waals surface area (Å²) in [6.07, 6.45) is -6.28. The summed E-state index contributed by atoms with van der Waals surface area (Å²) in [5, 5.41) is 10.8. The van der Waals surface area contributed by atoms with Gasteiger partial charge in [0, 0.05) is 29.7 Å². The van der Waals surface area contributed by atoms with Gasteiger partial charge < -0.3 is 9.84 Å². The first-order valence-electron chi connectivity index (χ1n) is 12.5. The van der Waals surface area contributed by atoms with Crippen LogP contribution in [0.5, 0.6) is 11.5 Å². The maximum atomic E-state index is 10.8. The van der Waals surface area contributed by atoms with E-state index in [1.54, 1.807) is 6.07 Å². The van der Waals surface area contributed by atoms with Gasteiger partial charge in [0.1, 0.15) is 17.1 Å². The summed E-state index contributed by atoms with van der Waals surface area (Å²) in [6, 6.07) is 2.89. The molecule has 0 fully saturated rings. The number of aryl methyl sites for hydroxylation is 1. The van der Waals surface area contributed by atoms with Crippen LogP contribution in [0.25, 0.3) is 0 Å². The number of aromatic hydroxyl groups is 1. The first-order chi connectivity index (χ1) is 14.3. The maximum absolute atomic E-state index is 10.8. The van der Waals surface area contributed by atoms with Gasteiger partial charge in [0.25, 0.3) is 0 Å². The van der Waals surface area contributed by atoms with Crippen molar-refractivity contribution in [3.63, 3.8) is 0 Å². The lowest BCUT2D eigenvalue weighted by Crippen LogP contribution is -2.45. The Morgan fingerprint density at radius 2 is 2.22 bits per heavy atom. The molecule has 2 aliphatic rings. The normalized spacial score (nSPS) is 33.3. The van der Waals surface area contributed by atoms with E-state index in [4.69, 9.17) is 17.1 Å². The highest BCUT2D eigenvalue weighted by atomic mass is 16.5. The lowest BCUT2D eigenvalue weighted by atomic mass is 9.68. The zero-order chi connectivity index (χ0) is 24.5. The highest BCUT2D eigenvalue weighted by molar-refractivity contribution is 5.53. The van der Waals surface area contributed by atoms with Crippen LogP contribution < -0.4 is 4.74 Å². The fourth-order valence-corrected chi connectivity index (χ4v) is 3.87. The quantitative estimate of drug-likeness (QED) is 0.716. The Hall–Kier alpha value is -1.44. The number of hydrogen-bond acceptors (Lipinski definition) is 2. The largest absolute Gasteiger partial charge is 0.507 e. The van der Waals surface area contributed by atoms with Crippen molar-refractivity contribution in [2.45, 2.75) is 77.5 Å². The van der Waals surface area contributed by atoms with E-state index in [0.29, 0.717) is 11.3 Å². The average Bonchev–Trinajstić information content (AvgIpc) is 2.58. The van der Waals surface area contributed by atoms with Gasteiger partial charge in [-0.3, -0.25) is 0 Å². The fourth-order valence-electron chi connectivity index (χ4n) is 3.87. The molecule has 1 aliphatic carbocycles. The average molecular weight is 324 g/mol. The molecule has 0 amide bonds. The van der Waals surface area contributed by atoms with Gasteiger partial charge in [0.2, 0.25) is 0 Å². The number of ether oxygens (including phenoxy) is 1.